The Labute approximate surface area is 130 Å². The maximum absolute atomic E-state index is 11.3. The van der Waals surface area contributed by atoms with Gasteiger partial charge in [-0.25, -0.2) is 4.68 Å². The van der Waals surface area contributed by atoms with Crippen molar-refractivity contribution in [2.45, 2.75) is 0 Å². The molecule has 106 valence electrons. The molecule has 0 fully saturated rings. The third-order valence-electron chi connectivity index (χ3n) is 3.04. The second kappa shape index (κ2) is 5.71. The van der Waals surface area contributed by atoms with Gasteiger partial charge in [0.2, 0.25) is 0 Å². The molecule has 0 atom stereocenters. The molecule has 4 nitrogen and oxygen atoms in total. The van der Waals surface area contributed by atoms with Crippen LogP contribution in [0.15, 0.2) is 41.9 Å². The van der Waals surface area contributed by atoms with Gasteiger partial charge in [0.15, 0.2) is 6.29 Å². The van der Waals surface area contributed by atoms with Crippen molar-refractivity contribution >= 4 is 29.2 Å². The van der Waals surface area contributed by atoms with Gasteiger partial charge in [0.25, 0.3) is 0 Å². The number of halogens is 1. The van der Waals surface area contributed by atoms with Crippen LogP contribution in [-0.2, 0) is 0 Å². The number of benzene rings is 1. The third-order valence-corrected chi connectivity index (χ3v) is 4.13. The molecule has 0 radical (unpaired) electrons. The standard InChI is InChI=1S/C15H11ClN2O2S/c1-20-13-5-3-2-4-12(13)18-7-11(8-19)15(17-18)10-6-14(16)21-9-10/h2-9H,1H3. The second-order valence-corrected chi connectivity index (χ2v) is 5.85. The van der Waals surface area contributed by atoms with Crippen molar-refractivity contribution in [2.24, 2.45) is 0 Å². The Hall–Kier alpha value is -2.11. The average Bonchev–Trinajstić information content (AvgIpc) is 3.12. The summed E-state index contributed by atoms with van der Waals surface area (Å²) in [5.41, 5.74) is 2.73. The number of hydrogen-bond acceptors (Lipinski definition) is 4. The fourth-order valence-electron chi connectivity index (χ4n) is 2.07. The molecule has 0 spiro atoms. The Kier molecular flexibility index (Phi) is 3.77. The largest absolute Gasteiger partial charge is 0.494 e. The number of hydrogen-bond donors (Lipinski definition) is 0. The molecule has 2 heterocycles. The molecule has 0 aliphatic rings. The van der Waals surface area contributed by atoms with E-state index in [1.165, 1.54) is 11.3 Å². The summed E-state index contributed by atoms with van der Waals surface area (Å²) in [5.74, 6) is 0.687. The third kappa shape index (κ3) is 2.57. The Morgan fingerprint density at radius 3 is 2.86 bits per heavy atom. The van der Waals surface area contributed by atoms with E-state index in [9.17, 15) is 4.79 Å². The normalized spacial score (nSPS) is 10.6. The lowest BCUT2D eigenvalue weighted by atomic mass is 10.2. The molecule has 0 aliphatic heterocycles. The summed E-state index contributed by atoms with van der Waals surface area (Å²) in [7, 11) is 1.60. The summed E-state index contributed by atoms with van der Waals surface area (Å²) < 4.78 is 7.63. The number of para-hydroxylation sites is 2. The van der Waals surface area contributed by atoms with Crippen LogP contribution in [0.4, 0.5) is 0 Å². The Bertz CT molecular complexity index is 795. The molecule has 6 heteroatoms. The number of rotatable bonds is 4. The monoisotopic (exact) mass is 318 g/mol. The van der Waals surface area contributed by atoms with Crippen LogP contribution in [0.25, 0.3) is 16.9 Å². The fraction of sp³-hybridized carbons (Fsp3) is 0.0667. The zero-order chi connectivity index (χ0) is 14.8. The van der Waals surface area contributed by atoms with E-state index in [0.717, 1.165) is 17.5 Å². The highest BCUT2D eigenvalue weighted by atomic mass is 35.5. The van der Waals surface area contributed by atoms with Gasteiger partial charge in [-0.2, -0.15) is 5.10 Å². The number of aromatic nitrogens is 2. The van der Waals surface area contributed by atoms with Crippen molar-refractivity contribution in [1.82, 2.24) is 9.78 Å². The summed E-state index contributed by atoms with van der Waals surface area (Å²) in [6.45, 7) is 0. The van der Waals surface area contributed by atoms with Crippen LogP contribution < -0.4 is 4.74 Å². The molecule has 0 N–H and O–H groups in total. The molecule has 3 rings (SSSR count). The summed E-state index contributed by atoms with van der Waals surface area (Å²) in [6.07, 6.45) is 2.48. The number of thiophene rings is 1. The van der Waals surface area contributed by atoms with Crippen LogP contribution in [0.2, 0.25) is 4.34 Å². The van der Waals surface area contributed by atoms with Gasteiger partial charge >= 0.3 is 0 Å². The van der Waals surface area contributed by atoms with Gasteiger partial charge < -0.3 is 4.74 Å². The van der Waals surface area contributed by atoms with Crippen LogP contribution >= 0.6 is 22.9 Å². The molecule has 0 aliphatic carbocycles. The molecule has 0 amide bonds. The van der Waals surface area contributed by atoms with Gasteiger partial charge in [0, 0.05) is 17.1 Å². The molecular weight excluding hydrogens is 308 g/mol. The topological polar surface area (TPSA) is 44.1 Å². The first kappa shape index (κ1) is 13.9. The van der Waals surface area contributed by atoms with Gasteiger partial charge in [-0.3, -0.25) is 4.79 Å². The SMILES string of the molecule is COc1ccccc1-n1cc(C=O)c(-c2csc(Cl)c2)n1. The zero-order valence-electron chi connectivity index (χ0n) is 11.1. The van der Waals surface area contributed by atoms with Gasteiger partial charge in [0.05, 0.1) is 17.0 Å². The van der Waals surface area contributed by atoms with Gasteiger partial charge in [-0.15, -0.1) is 11.3 Å². The predicted molar refractivity (Wildman–Crippen MR) is 83.8 cm³/mol. The minimum Gasteiger partial charge on any atom is -0.494 e. The second-order valence-electron chi connectivity index (χ2n) is 4.31. The lowest BCUT2D eigenvalue weighted by Gasteiger charge is -2.07. The highest BCUT2D eigenvalue weighted by molar-refractivity contribution is 7.14. The molecule has 0 unspecified atom stereocenters. The first-order valence-corrected chi connectivity index (χ1v) is 7.41. The number of carbonyl (C=O) groups is 1. The minimum atomic E-state index is 0.510. The van der Waals surface area contributed by atoms with E-state index in [4.69, 9.17) is 16.3 Å². The van der Waals surface area contributed by atoms with E-state index in [2.05, 4.69) is 5.10 Å². The van der Waals surface area contributed by atoms with Crippen molar-refractivity contribution in [3.8, 4) is 22.7 Å². The maximum atomic E-state index is 11.3. The Morgan fingerprint density at radius 2 is 2.19 bits per heavy atom. The maximum Gasteiger partial charge on any atom is 0.153 e. The summed E-state index contributed by atoms with van der Waals surface area (Å²) in [4.78, 5) is 11.3. The summed E-state index contributed by atoms with van der Waals surface area (Å²) in [5, 5.41) is 6.38. The molecule has 0 bridgehead atoms. The van der Waals surface area contributed by atoms with Crippen molar-refractivity contribution in [1.29, 1.82) is 0 Å². The van der Waals surface area contributed by atoms with Crippen LogP contribution in [0.1, 0.15) is 10.4 Å². The number of aldehydes is 1. The average molecular weight is 319 g/mol. The van der Waals surface area contributed by atoms with Crippen LogP contribution in [0.3, 0.4) is 0 Å². The van der Waals surface area contributed by atoms with Gasteiger partial charge in [-0.05, 0) is 18.2 Å². The fourth-order valence-corrected chi connectivity index (χ4v) is 2.94. The van der Waals surface area contributed by atoms with E-state index >= 15 is 0 Å². The molecule has 2 aromatic heterocycles. The lowest BCUT2D eigenvalue weighted by Crippen LogP contribution is -1.98. The lowest BCUT2D eigenvalue weighted by molar-refractivity contribution is 0.112. The number of ether oxygens (including phenoxy) is 1. The Morgan fingerprint density at radius 1 is 1.38 bits per heavy atom. The van der Waals surface area contributed by atoms with E-state index < -0.39 is 0 Å². The quantitative estimate of drug-likeness (QED) is 0.681. The van der Waals surface area contributed by atoms with E-state index in [1.54, 1.807) is 24.1 Å². The van der Waals surface area contributed by atoms with Crippen molar-refractivity contribution in [3.05, 3.63) is 51.8 Å². The van der Waals surface area contributed by atoms with Crippen molar-refractivity contribution < 1.29 is 9.53 Å². The molecule has 3 aromatic rings. The first-order chi connectivity index (χ1) is 10.2. The molecule has 0 saturated carbocycles. The van der Waals surface area contributed by atoms with E-state index in [0.29, 0.717) is 21.3 Å². The van der Waals surface area contributed by atoms with Crippen LogP contribution in [0.5, 0.6) is 5.75 Å². The number of carbonyl (C=O) groups excluding carboxylic acids is 1. The van der Waals surface area contributed by atoms with E-state index in [-0.39, 0.29) is 0 Å². The Balaban J connectivity index is 2.13. The summed E-state index contributed by atoms with van der Waals surface area (Å²) in [6, 6.07) is 9.30. The van der Waals surface area contributed by atoms with Crippen LogP contribution in [-0.4, -0.2) is 23.2 Å². The number of methoxy groups -OCH3 is 1. The first-order valence-electron chi connectivity index (χ1n) is 6.15. The molecular formula is C15H11ClN2O2S. The van der Waals surface area contributed by atoms with Gasteiger partial charge in [0.1, 0.15) is 17.1 Å². The van der Waals surface area contributed by atoms with Crippen molar-refractivity contribution in [2.75, 3.05) is 7.11 Å². The van der Waals surface area contributed by atoms with Gasteiger partial charge in [-0.1, -0.05) is 23.7 Å². The predicted octanol–water partition coefficient (Wildman–Crippen LogP) is 4.08. The highest BCUT2D eigenvalue weighted by Crippen LogP contribution is 2.31. The van der Waals surface area contributed by atoms with E-state index in [1.807, 2.05) is 29.6 Å². The summed E-state index contributed by atoms with van der Waals surface area (Å²) >= 11 is 7.36. The van der Waals surface area contributed by atoms with Crippen LogP contribution in [0, 0.1) is 0 Å². The molecule has 21 heavy (non-hydrogen) atoms. The highest BCUT2D eigenvalue weighted by Gasteiger charge is 2.14. The minimum absolute atomic E-state index is 0.510. The smallest absolute Gasteiger partial charge is 0.153 e. The van der Waals surface area contributed by atoms with Crippen molar-refractivity contribution in [3.63, 3.8) is 0 Å². The zero-order valence-corrected chi connectivity index (χ0v) is 12.7. The molecule has 0 saturated heterocycles. The molecule has 1 aromatic carbocycles. The number of nitrogens with zero attached hydrogens (tertiary/aromatic N) is 2.